The van der Waals surface area contributed by atoms with Crippen molar-refractivity contribution < 1.29 is 20.9 Å². The zero-order valence-electron chi connectivity index (χ0n) is 37.8. The number of furan rings is 1. The molecule has 1 heteroatoms. The van der Waals surface area contributed by atoms with Gasteiger partial charge in [-0.2, -0.15) is 0 Å². The third-order valence-corrected chi connectivity index (χ3v) is 9.06. The molecule has 0 amide bonds. The van der Waals surface area contributed by atoms with Crippen LogP contribution >= 0.6 is 0 Å². The lowest BCUT2D eigenvalue weighted by Gasteiger charge is -2.19. The molecule has 228 valence electrons. The van der Waals surface area contributed by atoms with E-state index in [1.807, 2.05) is 97.1 Å². The van der Waals surface area contributed by atoms with Gasteiger partial charge in [0.2, 0.25) is 0 Å². The summed E-state index contributed by atoms with van der Waals surface area (Å²) in [6, 6.07) is 29.0. The van der Waals surface area contributed by atoms with E-state index in [0.29, 0.717) is 54.9 Å². The molecule has 0 aliphatic heterocycles. The van der Waals surface area contributed by atoms with Crippen LogP contribution in [0.25, 0.3) is 98.8 Å². The van der Waals surface area contributed by atoms with Crippen molar-refractivity contribution in [3.63, 3.8) is 0 Å². The first-order valence-corrected chi connectivity index (χ1v) is 15.9. The van der Waals surface area contributed by atoms with Crippen molar-refractivity contribution in [1.82, 2.24) is 0 Å². The minimum atomic E-state index is -0.571. The van der Waals surface area contributed by atoms with Crippen LogP contribution in [0.2, 0.25) is 0 Å². The molecular weight excluding hydrogens is 593 g/mol. The Hall–Kier alpha value is -6.44. The third-order valence-electron chi connectivity index (χ3n) is 9.06. The number of rotatable bonds is 4. The average Bonchev–Trinajstić information content (AvgIpc) is 3.69. The third kappa shape index (κ3) is 4.40. The Morgan fingerprint density at radius 1 is 0.367 bits per heavy atom. The molecule has 0 aliphatic rings. The van der Waals surface area contributed by atoms with Gasteiger partial charge in [-0.3, -0.25) is 0 Å². The summed E-state index contributed by atoms with van der Waals surface area (Å²) < 4.78 is 116. The van der Waals surface area contributed by atoms with Gasteiger partial charge in [-0.1, -0.05) is 158 Å². The van der Waals surface area contributed by atoms with Crippen molar-refractivity contribution >= 4 is 54.3 Å². The summed E-state index contributed by atoms with van der Waals surface area (Å²) >= 11 is 0. The van der Waals surface area contributed by atoms with E-state index in [2.05, 4.69) is 0 Å². The number of hydrogen-bond acceptors (Lipinski definition) is 1. The van der Waals surface area contributed by atoms with E-state index in [-0.39, 0.29) is 74.0 Å². The van der Waals surface area contributed by atoms with Gasteiger partial charge < -0.3 is 4.42 Å². The lowest BCUT2D eigenvalue weighted by Crippen LogP contribution is -1.92. The molecule has 0 spiro atoms. The second kappa shape index (κ2) is 11.1. The van der Waals surface area contributed by atoms with E-state index in [4.69, 9.17) is 12.6 Å². The van der Waals surface area contributed by atoms with Crippen LogP contribution in [0.15, 0.2) is 186 Å². The molecule has 1 nitrogen and oxygen atoms in total. The van der Waals surface area contributed by atoms with Crippen molar-refractivity contribution in [1.29, 1.82) is 0 Å². The van der Waals surface area contributed by atoms with Crippen molar-refractivity contribution in [2.75, 3.05) is 0 Å². The second-order valence-corrected chi connectivity index (χ2v) is 11.8. The molecule has 10 aromatic rings. The van der Waals surface area contributed by atoms with Gasteiger partial charge in [0, 0.05) is 16.2 Å². The van der Waals surface area contributed by atoms with Gasteiger partial charge in [-0.15, -0.1) is 0 Å². The highest BCUT2D eigenvalue weighted by molar-refractivity contribution is 6.22. The summed E-state index contributed by atoms with van der Waals surface area (Å²) in [5.41, 5.74) is 3.22. The maximum atomic E-state index is 9.92. The van der Waals surface area contributed by atoms with Crippen molar-refractivity contribution in [3.05, 3.63) is 182 Å². The van der Waals surface area contributed by atoms with E-state index in [1.165, 1.54) is 0 Å². The lowest BCUT2D eigenvalue weighted by atomic mass is 9.84. The van der Waals surface area contributed by atoms with Gasteiger partial charge in [0.1, 0.15) is 11.2 Å². The SMILES string of the molecule is [2H]c1c([2H])c(-c2ccccc2)c(-c2ccccc2)c([2H])c1-c1c2ccccc2c(-c2c([2H])c([2H])c3c(oc4c5c([2H])c([2H])c([2H])c([2H])c5c([2H])c([2H])c43)c2[2H])c2ccccc12. The van der Waals surface area contributed by atoms with E-state index < -0.39 is 42.3 Å². The van der Waals surface area contributed by atoms with Crippen LogP contribution in [-0.2, 0) is 0 Å². The lowest BCUT2D eigenvalue weighted by molar-refractivity contribution is 0.673. The summed E-state index contributed by atoms with van der Waals surface area (Å²) in [5.74, 6) is 0. The molecule has 0 atom stereocenters. The smallest absolute Gasteiger partial charge is 0.143 e. The van der Waals surface area contributed by atoms with Gasteiger partial charge in [0.15, 0.2) is 0 Å². The quantitative estimate of drug-likeness (QED) is 0.176. The molecule has 0 fully saturated rings. The number of hydrogen-bond donors (Lipinski definition) is 0. The highest BCUT2D eigenvalue weighted by atomic mass is 16.3. The van der Waals surface area contributed by atoms with E-state index in [9.17, 15) is 8.22 Å². The summed E-state index contributed by atoms with van der Waals surface area (Å²) in [4.78, 5) is 0. The van der Waals surface area contributed by atoms with Crippen LogP contribution in [0, 0.1) is 0 Å². The molecule has 9 aromatic carbocycles. The van der Waals surface area contributed by atoms with E-state index in [1.54, 1.807) is 12.1 Å². The van der Waals surface area contributed by atoms with Crippen LogP contribution in [0.3, 0.4) is 0 Å². The van der Waals surface area contributed by atoms with Gasteiger partial charge in [-0.05, 0) is 95.6 Å². The fourth-order valence-corrected chi connectivity index (χ4v) is 6.87. The Morgan fingerprint density at radius 2 is 0.898 bits per heavy atom. The molecule has 1 heterocycles. The Kier molecular flexibility index (Phi) is 4.11. The molecule has 0 saturated heterocycles. The average molecular weight is 635 g/mol. The summed E-state index contributed by atoms with van der Waals surface area (Å²) in [5, 5.41) is 1.70. The Morgan fingerprint density at radius 3 is 1.55 bits per heavy atom. The Balaban J connectivity index is 1.34. The topological polar surface area (TPSA) is 13.1 Å². The summed E-state index contributed by atoms with van der Waals surface area (Å²) in [7, 11) is 0. The zero-order chi connectivity index (χ0) is 42.8. The molecule has 0 radical (unpaired) electrons. The molecule has 49 heavy (non-hydrogen) atoms. The van der Waals surface area contributed by atoms with E-state index in [0.717, 1.165) is 0 Å². The van der Waals surface area contributed by atoms with Crippen molar-refractivity contribution in [3.8, 4) is 44.5 Å². The van der Waals surface area contributed by atoms with Gasteiger partial charge in [0.05, 0.1) is 16.4 Å². The minimum Gasteiger partial charge on any atom is -0.455 e. The number of fused-ring (bicyclic) bond motifs is 7. The van der Waals surface area contributed by atoms with Crippen LogP contribution < -0.4 is 0 Å². The van der Waals surface area contributed by atoms with Crippen LogP contribution in [0.4, 0.5) is 0 Å². The maximum absolute atomic E-state index is 9.92. The van der Waals surface area contributed by atoms with Gasteiger partial charge in [-0.25, -0.2) is 0 Å². The zero-order valence-corrected chi connectivity index (χ0v) is 25.8. The predicted molar refractivity (Wildman–Crippen MR) is 208 cm³/mol. The van der Waals surface area contributed by atoms with Gasteiger partial charge >= 0.3 is 0 Å². The monoisotopic (exact) mass is 634 g/mol. The normalized spacial score (nSPS) is 15.1. The summed E-state index contributed by atoms with van der Waals surface area (Å²) in [6.07, 6.45) is 0. The highest BCUT2D eigenvalue weighted by Crippen LogP contribution is 2.46. The Bertz CT molecular complexity index is 3490. The Labute approximate surface area is 301 Å². The van der Waals surface area contributed by atoms with Crippen LogP contribution in [0.5, 0.6) is 0 Å². The molecular formula is C48H30O. The minimum absolute atomic E-state index is 0.0297. The fraction of sp³-hybridized carbons (Fsp3) is 0. The maximum Gasteiger partial charge on any atom is 0.143 e. The van der Waals surface area contributed by atoms with Crippen molar-refractivity contribution in [2.24, 2.45) is 0 Å². The molecule has 10 rings (SSSR count). The molecule has 0 unspecified atom stereocenters. The van der Waals surface area contributed by atoms with E-state index >= 15 is 0 Å². The first kappa shape index (κ1) is 18.2. The highest BCUT2D eigenvalue weighted by Gasteiger charge is 2.19. The standard InChI is InChI=1S/C48H30O/c1-3-13-31(14-4-1)36-26-24-34(29-44(36)32-15-5-2-6-16-32)46-39-19-9-11-21-41(39)47(42-22-12-10-20-40(42)46)35-25-27-38-43-28-23-33-17-7-8-18-37(33)48(43)49-45(38)30-35/h1-30H/i7D,8D,17D,18D,23D,24D,25D,26D,27D,28D,29D,30D. The fourth-order valence-electron chi connectivity index (χ4n) is 6.87. The van der Waals surface area contributed by atoms with Gasteiger partial charge in [0.25, 0.3) is 0 Å². The number of benzene rings is 9. The molecule has 0 aliphatic carbocycles. The molecule has 0 N–H and O–H groups in total. The molecule has 1 aromatic heterocycles. The van der Waals surface area contributed by atoms with Crippen LogP contribution in [-0.4, -0.2) is 0 Å². The van der Waals surface area contributed by atoms with Crippen molar-refractivity contribution in [2.45, 2.75) is 0 Å². The largest absolute Gasteiger partial charge is 0.455 e. The molecule has 0 saturated carbocycles. The first-order chi connectivity index (χ1) is 29.3. The summed E-state index contributed by atoms with van der Waals surface area (Å²) in [6.45, 7) is 0. The van der Waals surface area contributed by atoms with Crippen LogP contribution in [0.1, 0.15) is 16.4 Å². The second-order valence-electron chi connectivity index (χ2n) is 11.8. The predicted octanol–water partition coefficient (Wildman–Crippen LogP) is 13.7. The molecule has 0 bridgehead atoms. The first-order valence-electron chi connectivity index (χ1n) is 21.9.